The molecular weight excluding hydrogens is 238 g/mol. The molecule has 0 fully saturated rings. The molecule has 0 aliphatic heterocycles. The van der Waals surface area contributed by atoms with Gasteiger partial charge in [-0.05, 0) is 23.2 Å². The highest BCUT2D eigenvalue weighted by Gasteiger charge is 2.11. The first kappa shape index (κ1) is 10.6. The quantitative estimate of drug-likeness (QED) is 0.651. The number of anilines is 1. The lowest BCUT2D eigenvalue weighted by Gasteiger charge is -2.07. The lowest BCUT2D eigenvalue weighted by molar-refractivity contribution is 0.580. The van der Waals surface area contributed by atoms with Crippen LogP contribution in [0.4, 0.5) is 5.95 Å². The molecule has 0 radical (unpaired) electrons. The fourth-order valence-corrected chi connectivity index (χ4v) is 1.31. The minimum atomic E-state index is -3.45. The van der Waals surface area contributed by atoms with Gasteiger partial charge in [0, 0.05) is 0 Å². The second-order valence-electron chi connectivity index (χ2n) is 2.02. The summed E-state index contributed by atoms with van der Waals surface area (Å²) >= 11 is 10.8. The highest BCUT2D eigenvalue weighted by Crippen LogP contribution is 2.25. The van der Waals surface area contributed by atoms with Crippen molar-refractivity contribution in [3.8, 4) is 0 Å². The number of nitrogens with one attached hydrogen (secondary N) is 1. The first-order valence-corrected chi connectivity index (χ1v) is 5.49. The van der Waals surface area contributed by atoms with Crippen LogP contribution in [0.25, 0.3) is 0 Å². The van der Waals surface area contributed by atoms with E-state index in [0.717, 1.165) is 0 Å². The van der Waals surface area contributed by atoms with E-state index in [1.165, 1.54) is 0 Å². The zero-order chi connectivity index (χ0) is 10.1. The lowest BCUT2D eigenvalue weighted by Crippen LogP contribution is -2.15. The summed E-state index contributed by atoms with van der Waals surface area (Å²) in [7, 11) is -3.45. The molecule has 0 aliphatic carbocycles. The van der Waals surface area contributed by atoms with Crippen LogP contribution >= 0.6 is 30.8 Å². The normalized spacial score (nSPS) is 11.4. The lowest BCUT2D eigenvalue weighted by atomic mass is 11.0. The molecular formula is C3H5Cl2N6OP. The maximum Gasteiger partial charge on any atom is 0.300 e. The smallest absolute Gasteiger partial charge is 0.281 e. The molecule has 1 rings (SSSR count). The first-order valence-electron chi connectivity index (χ1n) is 2.89. The molecule has 5 N–H and O–H groups in total. The standard InChI is InChI=1S/C3H5Cl2N6OP/c4-1-8-2(5)10-3(9-1)11-13(6,7)12/h(H5,6,7,8,9,10,11,12). The van der Waals surface area contributed by atoms with Crippen molar-refractivity contribution in [3.63, 3.8) is 0 Å². The number of hydrogen-bond donors (Lipinski definition) is 3. The van der Waals surface area contributed by atoms with Crippen molar-refractivity contribution in [2.75, 3.05) is 5.09 Å². The van der Waals surface area contributed by atoms with Crippen LogP contribution < -0.4 is 16.1 Å². The van der Waals surface area contributed by atoms with E-state index in [2.05, 4.69) is 20.0 Å². The predicted molar refractivity (Wildman–Crippen MR) is 49.5 cm³/mol. The zero-order valence-electron chi connectivity index (χ0n) is 6.11. The molecule has 10 heteroatoms. The van der Waals surface area contributed by atoms with E-state index in [-0.39, 0.29) is 16.5 Å². The van der Waals surface area contributed by atoms with E-state index in [1.807, 2.05) is 0 Å². The third-order valence-electron chi connectivity index (χ3n) is 0.856. The SMILES string of the molecule is NP(N)(=O)Nc1nc(Cl)nc(Cl)n1. The molecule has 0 aromatic carbocycles. The average Bonchev–Trinajstić information content (AvgIpc) is 1.78. The highest BCUT2D eigenvalue weighted by molar-refractivity contribution is 7.60. The number of nitrogens with zero attached hydrogens (tertiary/aromatic N) is 3. The molecule has 7 nitrogen and oxygen atoms in total. The number of rotatable bonds is 2. The van der Waals surface area contributed by atoms with Crippen molar-refractivity contribution in [2.24, 2.45) is 11.0 Å². The maximum atomic E-state index is 10.9. The van der Waals surface area contributed by atoms with E-state index in [4.69, 9.17) is 34.2 Å². The van der Waals surface area contributed by atoms with Crippen LogP contribution in [-0.2, 0) is 4.57 Å². The topological polar surface area (TPSA) is 120 Å². The minimum absolute atomic E-state index is 0.127. The Bertz CT molecular complexity index is 345. The second kappa shape index (κ2) is 3.73. The van der Waals surface area contributed by atoms with Crippen molar-refractivity contribution < 1.29 is 4.57 Å². The van der Waals surface area contributed by atoms with Gasteiger partial charge in [0.05, 0.1) is 0 Å². The number of halogens is 2. The summed E-state index contributed by atoms with van der Waals surface area (Å²) in [5.74, 6) is -0.127. The Morgan fingerprint density at radius 2 is 1.62 bits per heavy atom. The largest absolute Gasteiger partial charge is 0.300 e. The number of hydrogen-bond acceptors (Lipinski definition) is 4. The fraction of sp³-hybridized carbons (Fsp3) is 0. The van der Waals surface area contributed by atoms with Gasteiger partial charge in [-0.15, -0.1) is 0 Å². The Labute approximate surface area is 83.4 Å². The van der Waals surface area contributed by atoms with E-state index in [9.17, 15) is 4.57 Å². The first-order chi connectivity index (χ1) is 5.87. The second-order valence-corrected chi connectivity index (χ2v) is 4.34. The molecule has 0 bridgehead atoms. The van der Waals surface area contributed by atoms with Gasteiger partial charge in [-0.2, -0.15) is 15.0 Å². The molecule has 1 heterocycles. The Morgan fingerprint density at radius 1 is 1.15 bits per heavy atom. The van der Waals surface area contributed by atoms with Crippen molar-refractivity contribution in [1.29, 1.82) is 0 Å². The fourth-order valence-electron chi connectivity index (χ4n) is 0.532. The summed E-state index contributed by atoms with van der Waals surface area (Å²) < 4.78 is 10.9. The van der Waals surface area contributed by atoms with E-state index < -0.39 is 7.59 Å². The van der Waals surface area contributed by atoms with Crippen molar-refractivity contribution in [2.45, 2.75) is 0 Å². The van der Waals surface area contributed by atoms with Gasteiger partial charge in [0.25, 0.3) is 7.59 Å². The van der Waals surface area contributed by atoms with Gasteiger partial charge in [0.1, 0.15) is 0 Å². The van der Waals surface area contributed by atoms with E-state index >= 15 is 0 Å². The maximum absolute atomic E-state index is 10.9. The summed E-state index contributed by atoms with van der Waals surface area (Å²) in [5, 5.41) is 1.86. The Balaban J connectivity index is 2.96. The van der Waals surface area contributed by atoms with Gasteiger partial charge in [0.15, 0.2) is 0 Å². The molecule has 0 aliphatic rings. The molecule has 0 saturated heterocycles. The number of aromatic nitrogens is 3. The summed E-state index contributed by atoms with van der Waals surface area (Å²) in [6.07, 6.45) is 0. The molecule has 0 amide bonds. The molecule has 72 valence electrons. The van der Waals surface area contributed by atoms with Gasteiger partial charge in [-0.3, -0.25) is 20.7 Å². The van der Waals surface area contributed by atoms with E-state index in [1.54, 1.807) is 0 Å². The van der Waals surface area contributed by atoms with Crippen LogP contribution in [0.1, 0.15) is 0 Å². The predicted octanol–water partition coefficient (Wildman–Crippen LogP) is 0.616. The van der Waals surface area contributed by atoms with Gasteiger partial charge < -0.3 is 0 Å². The van der Waals surface area contributed by atoms with Gasteiger partial charge >= 0.3 is 0 Å². The molecule has 1 aromatic rings. The van der Waals surface area contributed by atoms with Crippen molar-refractivity contribution >= 4 is 36.7 Å². The molecule has 0 saturated carbocycles. The van der Waals surface area contributed by atoms with Crippen LogP contribution in [0, 0.1) is 0 Å². The van der Waals surface area contributed by atoms with Crippen LogP contribution in [0.2, 0.25) is 10.6 Å². The number of nitrogens with two attached hydrogens (primary N) is 2. The average molecular weight is 243 g/mol. The Kier molecular flexibility index (Phi) is 3.05. The summed E-state index contributed by atoms with van der Waals surface area (Å²) in [6, 6.07) is 0. The third kappa shape index (κ3) is 3.84. The monoisotopic (exact) mass is 242 g/mol. The summed E-state index contributed by atoms with van der Waals surface area (Å²) in [6.45, 7) is 0. The van der Waals surface area contributed by atoms with Gasteiger partial charge in [-0.1, -0.05) is 0 Å². The molecule has 0 spiro atoms. The minimum Gasteiger partial charge on any atom is -0.281 e. The summed E-state index contributed by atoms with van der Waals surface area (Å²) in [5.41, 5.74) is 10.0. The van der Waals surface area contributed by atoms with Crippen LogP contribution in [-0.4, -0.2) is 15.0 Å². The molecule has 1 aromatic heterocycles. The van der Waals surface area contributed by atoms with Crippen molar-refractivity contribution in [1.82, 2.24) is 15.0 Å². The van der Waals surface area contributed by atoms with Crippen LogP contribution in [0.15, 0.2) is 0 Å². The van der Waals surface area contributed by atoms with Crippen LogP contribution in [0.5, 0.6) is 0 Å². The van der Waals surface area contributed by atoms with Crippen LogP contribution in [0.3, 0.4) is 0 Å². The Morgan fingerprint density at radius 3 is 2.00 bits per heavy atom. The highest BCUT2D eigenvalue weighted by atomic mass is 35.5. The summed E-state index contributed by atoms with van der Waals surface area (Å²) in [4.78, 5) is 10.5. The van der Waals surface area contributed by atoms with Gasteiger partial charge in [-0.25, -0.2) is 0 Å². The molecule has 13 heavy (non-hydrogen) atoms. The molecule has 0 atom stereocenters. The third-order valence-corrected chi connectivity index (χ3v) is 1.74. The Hall–Kier alpha value is -0.460. The van der Waals surface area contributed by atoms with E-state index in [0.29, 0.717) is 0 Å². The zero-order valence-corrected chi connectivity index (χ0v) is 8.51. The van der Waals surface area contributed by atoms with Gasteiger partial charge in [0.2, 0.25) is 16.5 Å². The molecule has 0 unspecified atom stereocenters. The van der Waals surface area contributed by atoms with Crippen molar-refractivity contribution in [3.05, 3.63) is 10.6 Å².